The molecular formula is C26H25FN2O5S. The monoisotopic (exact) mass is 496 g/mol. The van der Waals surface area contributed by atoms with Crippen molar-refractivity contribution in [3.05, 3.63) is 83.2 Å². The molecule has 1 atom stereocenters. The molecule has 3 aromatic carbocycles. The number of hydrogen-bond donors (Lipinski definition) is 2. The van der Waals surface area contributed by atoms with Crippen molar-refractivity contribution >= 4 is 21.6 Å². The molecule has 1 fully saturated rings. The molecule has 35 heavy (non-hydrogen) atoms. The van der Waals surface area contributed by atoms with E-state index >= 15 is 0 Å². The van der Waals surface area contributed by atoms with Gasteiger partial charge in [-0.1, -0.05) is 6.07 Å². The molecule has 2 N–H and O–H groups in total. The third kappa shape index (κ3) is 5.09. The summed E-state index contributed by atoms with van der Waals surface area (Å²) in [6.45, 7) is 2.51. The van der Waals surface area contributed by atoms with E-state index < -0.39 is 15.8 Å². The van der Waals surface area contributed by atoms with Crippen LogP contribution in [0.5, 0.6) is 11.5 Å². The SMILES string of the molecule is Cc1cc(S(=O)(=O)Nc2ccc(C(=O)NC(c3ccc4c(c3)OCCO4)C3CC3)cc2)ccc1F. The van der Waals surface area contributed by atoms with Crippen molar-refractivity contribution in [2.45, 2.75) is 30.7 Å². The van der Waals surface area contributed by atoms with Gasteiger partial charge < -0.3 is 14.8 Å². The number of fused-ring (bicyclic) bond motifs is 1. The summed E-state index contributed by atoms with van der Waals surface area (Å²) < 4.78 is 52.5. The summed E-state index contributed by atoms with van der Waals surface area (Å²) in [6.07, 6.45) is 2.06. The first kappa shape index (κ1) is 23.2. The predicted octanol–water partition coefficient (Wildman–Crippen LogP) is 4.59. The van der Waals surface area contributed by atoms with Crippen molar-refractivity contribution in [3.8, 4) is 11.5 Å². The zero-order valence-corrected chi connectivity index (χ0v) is 19.9. The van der Waals surface area contributed by atoms with Crippen molar-refractivity contribution in [2.75, 3.05) is 17.9 Å². The molecule has 1 aliphatic carbocycles. The molecule has 1 saturated carbocycles. The number of hydrogen-bond acceptors (Lipinski definition) is 5. The molecule has 0 saturated heterocycles. The van der Waals surface area contributed by atoms with Crippen molar-refractivity contribution in [1.82, 2.24) is 5.32 Å². The van der Waals surface area contributed by atoms with Crippen LogP contribution in [0.3, 0.4) is 0 Å². The number of rotatable bonds is 7. The van der Waals surface area contributed by atoms with E-state index in [1.807, 2.05) is 18.2 Å². The number of sulfonamides is 1. The maximum absolute atomic E-state index is 13.5. The summed E-state index contributed by atoms with van der Waals surface area (Å²) in [4.78, 5) is 13.0. The Hall–Kier alpha value is -3.59. The highest BCUT2D eigenvalue weighted by atomic mass is 32.2. The van der Waals surface area contributed by atoms with Crippen LogP contribution < -0.4 is 19.5 Å². The van der Waals surface area contributed by atoms with Crippen LogP contribution in [-0.2, 0) is 10.0 Å². The molecule has 3 aromatic rings. The van der Waals surface area contributed by atoms with Gasteiger partial charge in [-0.25, -0.2) is 12.8 Å². The van der Waals surface area contributed by atoms with Gasteiger partial charge in [0.1, 0.15) is 19.0 Å². The second-order valence-electron chi connectivity index (χ2n) is 8.79. The van der Waals surface area contributed by atoms with E-state index in [-0.39, 0.29) is 22.4 Å². The van der Waals surface area contributed by atoms with Gasteiger partial charge in [-0.2, -0.15) is 0 Å². The fraction of sp³-hybridized carbons (Fsp3) is 0.269. The number of ether oxygens (including phenoxy) is 2. The molecule has 1 heterocycles. The van der Waals surface area contributed by atoms with Crippen molar-refractivity contribution in [1.29, 1.82) is 0 Å². The zero-order chi connectivity index (χ0) is 24.6. The Labute approximate surface area is 203 Å². The average Bonchev–Trinajstić information content (AvgIpc) is 3.69. The minimum Gasteiger partial charge on any atom is -0.486 e. The second-order valence-corrected chi connectivity index (χ2v) is 10.5. The lowest BCUT2D eigenvalue weighted by molar-refractivity contribution is 0.0931. The maximum atomic E-state index is 13.5. The third-order valence-corrected chi connectivity index (χ3v) is 7.52. The van der Waals surface area contributed by atoms with Gasteiger partial charge in [-0.15, -0.1) is 0 Å². The molecule has 182 valence electrons. The van der Waals surface area contributed by atoms with Gasteiger partial charge in [-0.05, 0) is 91.4 Å². The fourth-order valence-corrected chi connectivity index (χ4v) is 5.21. The van der Waals surface area contributed by atoms with Crippen LogP contribution in [0.4, 0.5) is 10.1 Å². The smallest absolute Gasteiger partial charge is 0.261 e. The Balaban J connectivity index is 1.29. The number of carbonyl (C=O) groups excluding carboxylic acids is 1. The van der Waals surface area contributed by atoms with Crippen LogP contribution >= 0.6 is 0 Å². The van der Waals surface area contributed by atoms with Gasteiger partial charge in [0.15, 0.2) is 11.5 Å². The standard InChI is InChI=1S/C26H25FN2O5S/c1-16-14-21(9-10-22(16)27)35(31,32)29-20-7-4-18(5-8-20)26(30)28-25(17-2-3-17)19-6-11-23-24(15-19)34-13-12-33-23/h4-11,14-15,17,25,29H,2-3,12-13H2,1H3,(H,28,30). The number of anilines is 1. The summed E-state index contributed by atoms with van der Waals surface area (Å²) in [5.41, 5.74) is 1.91. The van der Waals surface area contributed by atoms with Crippen LogP contribution in [0, 0.1) is 18.7 Å². The number of carbonyl (C=O) groups is 1. The van der Waals surface area contributed by atoms with Crippen LogP contribution in [0.1, 0.15) is 40.4 Å². The molecule has 2 aliphatic rings. The van der Waals surface area contributed by atoms with Gasteiger partial charge in [-0.3, -0.25) is 9.52 Å². The zero-order valence-electron chi connectivity index (χ0n) is 19.1. The van der Waals surface area contributed by atoms with E-state index in [1.54, 1.807) is 12.1 Å². The van der Waals surface area contributed by atoms with Crippen molar-refractivity contribution in [3.63, 3.8) is 0 Å². The highest BCUT2D eigenvalue weighted by Crippen LogP contribution is 2.43. The summed E-state index contributed by atoms with van der Waals surface area (Å²) in [5, 5.41) is 3.11. The number of benzene rings is 3. The van der Waals surface area contributed by atoms with Crippen LogP contribution in [0.15, 0.2) is 65.6 Å². The third-order valence-electron chi connectivity index (χ3n) is 6.14. The summed E-state index contributed by atoms with van der Waals surface area (Å²) in [6, 6.07) is 15.4. The first-order valence-corrected chi connectivity index (χ1v) is 12.9. The highest BCUT2D eigenvalue weighted by molar-refractivity contribution is 7.92. The molecule has 1 aliphatic heterocycles. The number of halogens is 1. The Bertz CT molecular complexity index is 1370. The first-order chi connectivity index (χ1) is 16.8. The summed E-state index contributed by atoms with van der Waals surface area (Å²) in [5.74, 6) is 1.02. The first-order valence-electron chi connectivity index (χ1n) is 11.4. The highest BCUT2D eigenvalue weighted by Gasteiger charge is 2.34. The minimum absolute atomic E-state index is 0.0371. The molecule has 0 bridgehead atoms. The molecule has 1 unspecified atom stereocenters. The fourth-order valence-electron chi connectivity index (χ4n) is 4.07. The molecular weight excluding hydrogens is 471 g/mol. The molecule has 1 amide bonds. The van der Waals surface area contributed by atoms with E-state index in [0.29, 0.717) is 41.9 Å². The lowest BCUT2D eigenvalue weighted by Crippen LogP contribution is -2.30. The minimum atomic E-state index is -3.89. The topological polar surface area (TPSA) is 93.7 Å². The number of nitrogens with one attached hydrogen (secondary N) is 2. The quantitative estimate of drug-likeness (QED) is 0.499. The Kier molecular flexibility index (Phi) is 6.10. The van der Waals surface area contributed by atoms with Gasteiger partial charge in [0, 0.05) is 11.3 Å². The van der Waals surface area contributed by atoms with Gasteiger partial charge in [0.05, 0.1) is 10.9 Å². The largest absolute Gasteiger partial charge is 0.486 e. The normalized spacial score (nSPS) is 15.8. The van der Waals surface area contributed by atoms with E-state index in [0.717, 1.165) is 24.5 Å². The van der Waals surface area contributed by atoms with Crippen molar-refractivity contribution < 1.29 is 27.1 Å². The number of aryl methyl sites for hydroxylation is 1. The maximum Gasteiger partial charge on any atom is 0.261 e. The molecule has 0 spiro atoms. The Morgan fingerprint density at radius 2 is 1.69 bits per heavy atom. The lowest BCUT2D eigenvalue weighted by atomic mass is 10.0. The van der Waals surface area contributed by atoms with E-state index in [9.17, 15) is 17.6 Å². The summed E-state index contributed by atoms with van der Waals surface area (Å²) in [7, 11) is -3.89. The van der Waals surface area contributed by atoms with Crippen LogP contribution in [0.25, 0.3) is 0 Å². The lowest BCUT2D eigenvalue weighted by Gasteiger charge is -2.23. The Morgan fingerprint density at radius 3 is 2.37 bits per heavy atom. The summed E-state index contributed by atoms with van der Waals surface area (Å²) >= 11 is 0. The van der Waals surface area contributed by atoms with Gasteiger partial charge in [0.2, 0.25) is 0 Å². The number of amides is 1. The van der Waals surface area contributed by atoms with Crippen molar-refractivity contribution in [2.24, 2.45) is 5.92 Å². The molecule has 7 nitrogen and oxygen atoms in total. The second kappa shape index (κ2) is 9.22. The molecule has 0 aromatic heterocycles. The molecule has 5 rings (SSSR count). The Morgan fingerprint density at radius 1 is 0.971 bits per heavy atom. The van der Waals surface area contributed by atoms with E-state index in [1.165, 1.54) is 31.2 Å². The van der Waals surface area contributed by atoms with Crippen LogP contribution in [0.2, 0.25) is 0 Å². The van der Waals surface area contributed by atoms with Gasteiger partial charge >= 0.3 is 0 Å². The average molecular weight is 497 g/mol. The van der Waals surface area contributed by atoms with Gasteiger partial charge in [0.25, 0.3) is 15.9 Å². The van der Waals surface area contributed by atoms with E-state index in [2.05, 4.69) is 10.0 Å². The van der Waals surface area contributed by atoms with E-state index in [4.69, 9.17) is 9.47 Å². The molecule has 9 heteroatoms. The van der Waals surface area contributed by atoms with Crippen LogP contribution in [-0.4, -0.2) is 27.5 Å². The predicted molar refractivity (Wildman–Crippen MR) is 129 cm³/mol. The molecule has 0 radical (unpaired) electrons.